The fraction of sp³-hybridized carbons (Fsp3) is 0.250. The van der Waals surface area contributed by atoms with Crippen molar-refractivity contribution in [2.45, 2.75) is 6.54 Å². The highest BCUT2D eigenvalue weighted by atomic mass is 35.5. The zero-order chi connectivity index (χ0) is 19.2. The summed E-state index contributed by atoms with van der Waals surface area (Å²) in [6.45, 7) is 0.361. The first-order chi connectivity index (χ1) is 12.1. The molecule has 1 aliphatic rings. The van der Waals surface area contributed by atoms with Gasteiger partial charge in [0.1, 0.15) is 5.15 Å². The smallest absolute Gasteiger partial charge is 0.257 e. The summed E-state index contributed by atoms with van der Waals surface area (Å²) in [4.78, 5) is 18.2. The largest absolute Gasteiger partial charge is 0.353 e. The highest BCUT2D eigenvalue weighted by molar-refractivity contribution is 7.92. The summed E-state index contributed by atoms with van der Waals surface area (Å²) in [6.07, 6.45) is 1.09. The number of benzene rings is 1. The number of nitrogens with zero attached hydrogens (tertiary/aromatic N) is 3. The van der Waals surface area contributed by atoms with Crippen molar-refractivity contribution in [3.63, 3.8) is 0 Å². The number of fused-ring (bicyclic) bond motifs is 1. The Balaban J connectivity index is 2.11. The molecule has 0 saturated carbocycles. The Kier molecular flexibility index (Phi) is 4.76. The molecule has 0 spiro atoms. The topological polar surface area (TPSA) is 82.6 Å². The number of hydrogen-bond acceptors (Lipinski definition) is 5. The van der Waals surface area contributed by atoms with Crippen molar-refractivity contribution in [2.24, 2.45) is 0 Å². The van der Waals surface area contributed by atoms with Gasteiger partial charge in [0.15, 0.2) is 0 Å². The Morgan fingerprint density at radius 3 is 2.58 bits per heavy atom. The Morgan fingerprint density at radius 2 is 1.92 bits per heavy atom. The summed E-state index contributed by atoms with van der Waals surface area (Å²) in [7, 11) is -0.406. The summed E-state index contributed by atoms with van der Waals surface area (Å²) in [5, 5.41) is 3.73. The Hall–Kier alpha value is -2.03. The second-order valence-corrected chi connectivity index (χ2v) is 8.83. The van der Waals surface area contributed by atoms with Gasteiger partial charge in [-0.15, -0.1) is 0 Å². The molecule has 2 heterocycles. The molecule has 1 aromatic heterocycles. The van der Waals surface area contributed by atoms with Crippen LogP contribution in [0.25, 0.3) is 0 Å². The lowest BCUT2D eigenvalue weighted by atomic mass is 10.1. The van der Waals surface area contributed by atoms with E-state index in [0.717, 1.165) is 10.6 Å². The summed E-state index contributed by atoms with van der Waals surface area (Å²) in [5.74, 6) is -0.182. The zero-order valence-electron chi connectivity index (χ0n) is 14.2. The number of anilines is 3. The highest BCUT2D eigenvalue weighted by Crippen LogP contribution is 2.36. The van der Waals surface area contributed by atoms with E-state index in [1.54, 1.807) is 19.2 Å². The first kappa shape index (κ1) is 18.8. The van der Waals surface area contributed by atoms with Gasteiger partial charge in [-0.2, -0.15) is 0 Å². The van der Waals surface area contributed by atoms with Crippen molar-refractivity contribution >= 4 is 56.2 Å². The molecule has 138 valence electrons. The maximum absolute atomic E-state index is 12.4. The highest BCUT2D eigenvalue weighted by Gasteiger charge is 2.30. The molecule has 1 aromatic carbocycles. The number of carbonyl (C=O) groups is 1. The quantitative estimate of drug-likeness (QED) is 0.776. The van der Waals surface area contributed by atoms with Crippen molar-refractivity contribution in [1.29, 1.82) is 0 Å². The molecule has 0 fully saturated rings. The van der Waals surface area contributed by atoms with E-state index in [0.29, 0.717) is 39.9 Å². The average Bonchev–Trinajstić information content (AvgIpc) is 2.81. The molecule has 0 radical (unpaired) electrons. The third-order valence-electron chi connectivity index (χ3n) is 4.08. The van der Waals surface area contributed by atoms with Crippen molar-refractivity contribution < 1.29 is 13.2 Å². The summed E-state index contributed by atoms with van der Waals surface area (Å²) in [5.41, 5.74) is 2.26. The number of sulfonamides is 1. The number of aromatic nitrogens is 1. The molecule has 1 amide bonds. The lowest BCUT2D eigenvalue weighted by Gasteiger charge is -2.22. The maximum Gasteiger partial charge on any atom is 0.257 e. The van der Waals surface area contributed by atoms with Gasteiger partial charge in [0.05, 0.1) is 41.1 Å². The third-order valence-corrected chi connectivity index (χ3v) is 5.70. The molecule has 10 heteroatoms. The van der Waals surface area contributed by atoms with Crippen LogP contribution in [0.5, 0.6) is 0 Å². The van der Waals surface area contributed by atoms with Crippen LogP contribution in [0.2, 0.25) is 10.2 Å². The lowest BCUT2D eigenvalue weighted by Crippen LogP contribution is -2.25. The molecular weight excluding hydrogens is 399 g/mol. The van der Waals surface area contributed by atoms with Crippen LogP contribution in [0.4, 0.5) is 17.1 Å². The van der Waals surface area contributed by atoms with E-state index in [1.165, 1.54) is 24.1 Å². The van der Waals surface area contributed by atoms with Crippen LogP contribution in [0.3, 0.4) is 0 Å². The zero-order valence-corrected chi connectivity index (χ0v) is 16.6. The Labute approximate surface area is 161 Å². The number of nitrogens with one attached hydrogen (secondary N) is 1. The number of halogens is 2. The monoisotopic (exact) mass is 414 g/mol. The molecular formula is C16H16Cl2N4O3S. The predicted octanol–water partition coefficient (Wildman–Crippen LogP) is 3.11. The van der Waals surface area contributed by atoms with E-state index in [2.05, 4.69) is 10.3 Å². The predicted molar refractivity (Wildman–Crippen MR) is 103 cm³/mol. The van der Waals surface area contributed by atoms with Crippen molar-refractivity contribution in [2.75, 3.05) is 30.0 Å². The fourth-order valence-corrected chi connectivity index (χ4v) is 3.58. The molecule has 1 N–H and O–H groups in total. The number of carbonyl (C=O) groups excluding carboxylic acids is 1. The van der Waals surface area contributed by atoms with Crippen molar-refractivity contribution in [3.8, 4) is 0 Å². The van der Waals surface area contributed by atoms with Crippen LogP contribution in [0.1, 0.15) is 16.1 Å². The van der Waals surface area contributed by atoms with Crippen LogP contribution >= 0.6 is 23.2 Å². The van der Waals surface area contributed by atoms with Gasteiger partial charge in [-0.1, -0.05) is 23.2 Å². The lowest BCUT2D eigenvalue weighted by molar-refractivity contribution is 0.0817. The molecule has 3 rings (SSSR count). The number of pyridine rings is 1. The van der Waals surface area contributed by atoms with Gasteiger partial charge in [-0.3, -0.25) is 9.10 Å². The normalized spacial score (nSPS) is 13.7. The van der Waals surface area contributed by atoms with Gasteiger partial charge < -0.3 is 10.2 Å². The minimum atomic E-state index is -3.51. The van der Waals surface area contributed by atoms with Crippen LogP contribution in [0.15, 0.2) is 24.3 Å². The van der Waals surface area contributed by atoms with E-state index in [4.69, 9.17) is 23.2 Å². The second-order valence-electron chi connectivity index (χ2n) is 5.99. The number of amides is 1. The Morgan fingerprint density at radius 1 is 1.23 bits per heavy atom. The van der Waals surface area contributed by atoms with E-state index in [9.17, 15) is 13.2 Å². The maximum atomic E-state index is 12.4. The van der Waals surface area contributed by atoms with Crippen LogP contribution < -0.4 is 9.62 Å². The van der Waals surface area contributed by atoms with Crippen LogP contribution in [-0.2, 0) is 16.6 Å². The Bertz CT molecular complexity index is 1010. The minimum absolute atomic E-state index is 0.182. The van der Waals surface area contributed by atoms with E-state index >= 15 is 0 Å². The SMILES string of the molecule is CN1Cc2nc(Cl)cc(Nc3ccc(Cl)cc3N(C)S(C)(=O)=O)c2C1=O. The van der Waals surface area contributed by atoms with Crippen LogP contribution in [0, 0.1) is 0 Å². The minimum Gasteiger partial charge on any atom is -0.353 e. The first-order valence-electron chi connectivity index (χ1n) is 7.53. The summed E-state index contributed by atoms with van der Waals surface area (Å²) < 4.78 is 25.0. The van der Waals surface area contributed by atoms with Crippen LogP contribution in [-0.4, -0.2) is 44.6 Å². The van der Waals surface area contributed by atoms with Gasteiger partial charge in [0.2, 0.25) is 10.0 Å². The molecule has 0 bridgehead atoms. The first-order valence-corrected chi connectivity index (χ1v) is 10.1. The third kappa shape index (κ3) is 3.44. The van der Waals surface area contributed by atoms with E-state index < -0.39 is 10.0 Å². The van der Waals surface area contributed by atoms with Gasteiger partial charge >= 0.3 is 0 Å². The number of rotatable bonds is 4. The standard InChI is InChI=1S/C16H16Cl2N4O3S/c1-21-8-12-15(16(21)23)11(7-14(18)20-12)19-10-5-4-9(17)6-13(10)22(2)26(3,24)25/h4-7H,8H2,1-3H3,(H,19,20). The fourth-order valence-electron chi connectivity index (χ4n) is 2.70. The van der Waals surface area contributed by atoms with E-state index in [1.807, 2.05) is 0 Å². The molecule has 26 heavy (non-hydrogen) atoms. The second kappa shape index (κ2) is 6.61. The van der Waals surface area contributed by atoms with Gasteiger partial charge in [0.25, 0.3) is 5.91 Å². The molecule has 0 aliphatic carbocycles. The summed E-state index contributed by atoms with van der Waals surface area (Å²) in [6, 6.07) is 6.34. The molecule has 0 unspecified atom stereocenters. The molecule has 7 nitrogen and oxygen atoms in total. The summed E-state index contributed by atoms with van der Waals surface area (Å²) >= 11 is 12.1. The average molecular weight is 415 g/mol. The van der Waals surface area contributed by atoms with E-state index in [-0.39, 0.29) is 11.1 Å². The van der Waals surface area contributed by atoms with Crippen molar-refractivity contribution in [3.05, 3.63) is 45.7 Å². The van der Waals surface area contributed by atoms with Gasteiger partial charge in [0, 0.05) is 19.1 Å². The molecule has 0 atom stereocenters. The molecule has 1 aliphatic heterocycles. The van der Waals surface area contributed by atoms with Gasteiger partial charge in [-0.25, -0.2) is 13.4 Å². The number of hydrogen-bond donors (Lipinski definition) is 1. The van der Waals surface area contributed by atoms with Crippen molar-refractivity contribution in [1.82, 2.24) is 9.88 Å². The van der Waals surface area contributed by atoms with Gasteiger partial charge in [-0.05, 0) is 24.3 Å². The molecule has 2 aromatic rings. The molecule has 0 saturated heterocycles.